The Morgan fingerprint density at radius 1 is 1.46 bits per heavy atom. The summed E-state index contributed by atoms with van der Waals surface area (Å²) in [6.07, 6.45) is 3.08. The summed E-state index contributed by atoms with van der Waals surface area (Å²) in [5.74, 6) is 5.16. The fraction of sp³-hybridized carbons (Fsp3) is 0.222. The minimum Gasteiger partial charge on any atom is -0.312 e. The second-order valence-corrected chi connectivity index (χ2v) is 2.35. The molecule has 0 aliphatic heterocycles. The highest BCUT2D eigenvalue weighted by atomic mass is 16.1. The molecule has 66 valence electrons. The zero-order valence-electron chi connectivity index (χ0n) is 7.46. The van der Waals surface area contributed by atoms with Gasteiger partial charge in [-0.3, -0.25) is 4.79 Å². The molecule has 0 unspecified atom stereocenters. The van der Waals surface area contributed by atoms with Gasteiger partial charge in [0.05, 0.1) is 18.1 Å². The van der Waals surface area contributed by atoms with Crippen molar-refractivity contribution >= 4 is 11.6 Å². The SMILES string of the molecule is CC#CC(=O)Nc1cnc(C)nc1. The van der Waals surface area contributed by atoms with Crippen LogP contribution in [0.3, 0.4) is 0 Å². The molecule has 0 aliphatic carbocycles. The van der Waals surface area contributed by atoms with Crippen molar-refractivity contribution < 1.29 is 4.79 Å². The Balaban J connectivity index is 2.68. The van der Waals surface area contributed by atoms with Crippen LogP contribution in [0.5, 0.6) is 0 Å². The fourth-order valence-electron chi connectivity index (χ4n) is 0.733. The smallest absolute Gasteiger partial charge is 0.300 e. The number of carbonyl (C=O) groups is 1. The van der Waals surface area contributed by atoms with Gasteiger partial charge in [0.1, 0.15) is 5.82 Å². The summed E-state index contributed by atoms with van der Waals surface area (Å²) in [5.41, 5.74) is 0.554. The molecule has 0 aliphatic rings. The van der Waals surface area contributed by atoms with E-state index < -0.39 is 0 Å². The Labute approximate surface area is 76.4 Å². The van der Waals surface area contributed by atoms with Crippen LogP contribution < -0.4 is 5.32 Å². The van der Waals surface area contributed by atoms with Crippen LogP contribution in [0.25, 0.3) is 0 Å². The van der Waals surface area contributed by atoms with Crippen molar-refractivity contribution in [1.82, 2.24) is 9.97 Å². The van der Waals surface area contributed by atoms with Crippen molar-refractivity contribution in [2.24, 2.45) is 0 Å². The van der Waals surface area contributed by atoms with E-state index in [1.54, 1.807) is 13.8 Å². The monoisotopic (exact) mass is 175 g/mol. The summed E-state index contributed by atoms with van der Waals surface area (Å²) in [6, 6.07) is 0. The second kappa shape index (κ2) is 4.21. The zero-order chi connectivity index (χ0) is 9.68. The van der Waals surface area contributed by atoms with Gasteiger partial charge >= 0.3 is 0 Å². The molecule has 0 saturated heterocycles. The minimum absolute atomic E-state index is 0.352. The van der Waals surface area contributed by atoms with Crippen molar-refractivity contribution in [2.45, 2.75) is 13.8 Å². The van der Waals surface area contributed by atoms with Crippen LogP contribution in [0, 0.1) is 18.8 Å². The Morgan fingerprint density at radius 2 is 2.08 bits per heavy atom. The maximum Gasteiger partial charge on any atom is 0.300 e. The third-order valence-corrected chi connectivity index (χ3v) is 1.28. The molecule has 1 rings (SSSR count). The first kappa shape index (κ1) is 9.20. The number of aryl methyl sites for hydroxylation is 1. The Hall–Kier alpha value is -1.89. The molecular formula is C9H9N3O. The van der Waals surface area contributed by atoms with Gasteiger partial charge < -0.3 is 5.32 Å². The van der Waals surface area contributed by atoms with E-state index in [1.165, 1.54) is 12.4 Å². The van der Waals surface area contributed by atoms with E-state index in [0.717, 1.165) is 0 Å². The van der Waals surface area contributed by atoms with E-state index in [1.807, 2.05) is 0 Å². The molecule has 1 N–H and O–H groups in total. The van der Waals surface area contributed by atoms with Gasteiger partial charge in [0, 0.05) is 0 Å². The molecule has 1 aromatic heterocycles. The van der Waals surface area contributed by atoms with Crippen LogP contribution >= 0.6 is 0 Å². The predicted octanol–water partition coefficient (Wildman–Crippen LogP) is 0.747. The second-order valence-electron chi connectivity index (χ2n) is 2.35. The molecular weight excluding hydrogens is 166 g/mol. The molecule has 1 amide bonds. The van der Waals surface area contributed by atoms with Crippen molar-refractivity contribution in [3.63, 3.8) is 0 Å². The number of carbonyl (C=O) groups excluding carboxylic acids is 1. The third kappa shape index (κ3) is 2.91. The van der Waals surface area contributed by atoms with E-state index in [-0.39, 0.29) is 5.91 Å². The fourth-order valence-corrected chi connectivity index (χ4v) is 0.733. The molecule has 4 heteroatoms. The molecule has 0 saturated carbocycles. The van der Waals surface area contributed by atoms with E-state index in [4.69, 9.17) is 0 Å². The summed E-state index contributed by atoms with van der Waals surface area (Å²) in [5, 5.41) is 2.53. The van der Waals surface area contributed by atoms with Crippen molar-refractivity contribution in [3.05, 3.63) is 18.2 Å². The van der Waals surface area contributed by atoms with Gasteiger partial charge in [0.25, 0.3) is 5.91 Å². The van der Waals surface area contributed by atoms with Gasteiger partial charge in [-0.2, -0.15) is 0 Å². The maximum atomic E-state index is 11.0. The van der Waals surface area contributed by atoms with Crippen LogP contribution in [-0.4, -0.2) is 15.9 Å². The molecule has 0 radical (unpaired) electrons. The number of hydrogen-bond donors (Lipinski definition) is 1. The summed E-state index contributed by atoms with van der Waals surface area (Å²) in [7, 11) is 0. The lowest BCUT2D eigenvalue weighted by atomic mass is 10.4. The van der Waals surface area contributed by atoms with Crippen LogP contribution in [-0.2, 0) is 4.79 Å². The number of amides is 1. The topological polar surface area (TPSA) is 54.9 Å². The normalized spacial score (nSPS) is 8.46. The summed E-state index contributed by atoms with van der Waals surface area (Å²) < 4.78 is 0. The van der Waals surface area contributed by atoms with E-state index >= 15 is 0 Å². The van der Waals surface area contributed by atoms with Crippen LogP contribution in [0.4, 0.5) is 5.69 Å². The van der Waals surface area contributed by atoms with Gasteiger partial charge in [0.15, 0.2) is 0 Å². The van der Waals surface area contributed by atoms with Gasteiger partial charge in [-0.25, -0.2) is 9.97 Å². The highest BCUT2D eigenvalue weighted by molar-refractivity contribution is 6.03. The number of nitrogens with one attached hydrogen (secondary N) is 1. The molecule has 1 aromatic rings. The first-order chi connectivity index (χ1) is 6.22. The molecule has 0 bridgehead atoms. The van der Waals surface area contributed by atoms with Crippen molar-refractivity contribution in [1.29, 1.82) is 0 Å². The summed E-state index contributed by atoms with van der Waals surface area (Å²) >= 11 is 0. The molecule has 1 heterocycles. The van der Waals surface area contributed by atoms with Gasteiger partial charge in [0.2, 0.25) is 0 Å². The predicted molar refractivity (Wildman–Crippen MR) is 48.8 cm³/mol. The van der Waals surface area contributed by atoms with E-state index in [2.05, 4.69) is 27.1 Å². The third-order valence-electron chi connectivity index (χ3n) is 1.28. The molecule has 4 nitrogen and oxygen atoms in total. The molecule has 13 heavy (non-hydrogen) atoms. The van der Waals surface area contributed by atoms with Crippen molar-refractivity contribution in [3.8, 4) is 11.8 Å². The zero-order valence-corrected chi connectivity index (χ0v) is 7.46. The number of aromatic nitrogens is 2. The highest BCUT2D eigenvalue weighted by Crippen LogP contribution is 2.01. The summed E-state index contributed by atoms with van der Waals surface area (Å²) in [4.78, 5) is 18.8. The largest absolute Gasteiger partial charge is 0.312 e. The summed E-state index contributed by atoms with van der Waals surface area (Å²) in [6.45, 7) is 3.38. The maximum absolute atomic E-state index is 11.0. The van der Waals surface area contributed by atoms with Gasteiger partial charge in [-0.15, -0.1) is 0 Å². The van der Waals surface area contributed by atoms with Crippen LogP contribution in [0.2, 0.25) is 0 Å². The molecule has 0 fully saturated rings. The quantitative estimate of drug-likeness (QED) is 0.641. The lowest BCUT2D eigenvalue weighted by molar-refractivity contribution is -0.111. The number of anilines is 1. The highest BCUT2D eigenvalue weighted by Gasteiger charge is 1.97. The molecule has 0 spiro atoms. The molecule has 0 atom stereocenters. The van der Waals surface area contributed by atoms with Crippen LogP contribution in [0.1, 0.15) is 12.7 Å². The average Bonchev–Trinajstić information content (AvgIpc) is 2.09. The standard InChI is InChI=1S/C9H9N3O/c1-3-4-9(13)12-8-5-10-7(2)11-6-8/h5-6H,1-2H3,(H,12,13). The number of nitrogens with zero attached hydrogens (tertiary/aromatic N) is 2. The minimum atomic E-state index is -0.352. The first-order valence-corrected chi connectivity index (χ1v) is 3.75. The lowest BCUT2D eigenvalue weighted by Crippen LogP contribution is -2.09. The van der Waals surface area contributed by atoms with Gasteiger partial charge in [-0.1, -0.05) is 5.92 Å². The van der Waals surface area contributed by atoms with Gasteiger partial charge in [-0.05, 0) is 19.8 Å². The Kier molecular flexibility index (Phi) is 2.98. The van der Waals surface area contributed by atoms with E-state index in [0.29, 0.717) is 11.5 Å². The molecule has 0 aromatic carbocycles. The average molecular weight is 175 g/mol. The van der Waals surface area contributed by atoms with E-state index in [9.17, 15) is 4.79 Å². The lowest BCUT2D eigenvalue weighted by Gasteiger charge is -1.98. The Bertz CT molecular complexity index is 359. The van der Waals surface area contributed by atoms with Crippen LogP contribution in [0.15, 0.2) is 12.4 Å². The number of hydrogen-bond acceptors (Lipinski definition) is 3. The Morgan fingerprint density at radius 3 is 2.62 bits per heavy atom. The first-order valence-electron chi connectivity index (χ1n) is 3.75. The number of rotatable bonds is 1. The van der Waals surface area contributed by atoms with Crippen molar-refractivity contribution in [2.75, 3.05) is 5.32 Å².